The van der Waals surface area contributed by atoms with Crippen LogP contribution in [-0.4, -0.2) is 18.2 Å². The predicted molar refractivity (Wildman–Crippen MR) is 78.1 cm³/mol. The van der Waals surface area contributed by atoms with E-state index in [2.05, 4.69) is 25.2 Å². The van der Waals surface area contributed by atoms with E-state index < -0.39 is 5.54 Å². The van der Waals surface area contributed by atoms with E-state index in [0.717, 1.165) is 25.0 Å². The van der Waals surface area contributed by atoms with Crippen molar-refractivity contribution < 1.29 is 4.74 Å². The fourth-order valence-corrected chi connectivity index (χ4v) is 2.08. The van der Waals surface area contributed by atoms with Gasteiger partial charge in [0, 0.05) is 6.04 Å². The zero-order chi connectivity index (χ0) is 14.1. The number of nitrogens with one attached hydrogen (secondary N) is 1. The molecule has 0 aliphatic rings. The van der Waals surface area contributed by atoms with Crippen LogP contribution in [0, 0.1) is 11.3 Å². The van der Waals surface area contributed by atoms with Crippen LogP contribution in [-0.2, 0) is 0 Å². The number of nitriles is 1. The van der Waals surface area contributed by atoms with Gasteiger partial charge in [0.1, 0.15) is 11.3 Å². The third-order valence-electron chi connectivity index (χ3n) is 2.94. The summed E-state index contributed by atoms with van der Waals surface area (Å²) in [6.45, 7) is 6.79. The van der Waals surface area contributed by atoms with Crippen LogP contribution in [0.4, 0.5) is 0 Å². The van der Waals surface area contributed by atoms with Crippen LogP contribution in [0.25, 0.3) is 0 Å². The Morgan fingerprint density at radius 1 is 1.26 bits per heavy atom. The normalized spacial score (nSPS) is 13.8. The molecule has 0 spiro atoms. The number of hydrogen-bond donors (Lipinski definition) is 1. The van der Waals surface area contributed by atoms with Gasteiger partial charge in [-0.2, -0.15) is 5.26 Å². The first kappa shape index (κ1) is 15.5. The quantitative estimate of drug-likeness (QED) is 0.727. The molecule has 1 aromatic rings. The van der Waals surface area contributed by atoms with Gasteiger partial charge in [-0.3, -0.25) is 5.32 Å². The first-order chi connectivity index (χ1) is 9.06. The second-order valence-corrected chi connectivity index (χ2v) is 5.36. The van der Waals surface area contributed by atoms with E-state index in [-0.39, 0.29) is 0 Å². The molecule has 3 heteroatoms. The summed E-state index contributed by atoms with van der Waals surface area (Å²) in [5.74, 6) is 0.908. The minimum absolute atomic E-state index is 0.324. The molecule has 0 fully saturated rings. The lowest BCUT2D eigenvalue weighted by Crippen LogP contribution is -2.44. The predicted octanol–water partition coefficient (Wildman–Crippen LogP) is 3.52. The molecule has 0 aliphatic heterocycles. The van der Waals surface area contributed by atoms with Gasteiger partial charge in [-0.05, 0) is 52.2 Å². The third kappa shape index (κ3) is 6.26. The summed E-state index contributed by atoms with van der Waals surface area (Å²) in [6.07, 6.45) is 2.79. The number of ether oxygens (including phenoxy) is 1. The highest BCUT2D eigenvalue weighted by molar-refractivity contribution is 5.20. The van der Waals surface area contributed by atoms with Crippen LogP contribution in [0.2, 0.25) is 0 Å². The van der Waals surface area contributed by atoms with E-state index in [1.165, 1.54) is 0 Å². The molecule has 1 N–H and O–H groups in total. The summed E-state index contributed by atoms with van der Waals surface area (Å²) in [4.78, 5) is 0. The molecule has 104 valence electrons. The van der Waals surface area contributed by atoms with Gasteiger partial charge in [0.15, 0.2) is 0 Å². The Labute approximate surface area is 116 Å². The maximum Gasteiger partial charge on any atom is 0.119 e. The molecule has 0 aromatic heterocycles. The van der Waals surface area contributed by atoms with E-state index >= 15 is 0 Å². The highest BCUT2D eigenvalue weighted by atomic mass is 16.5. The second kappa shape index (κ2) is 7.81. The molecule has 1 aromatic carbocycles. The van der Waals surface area contributed by atoms with E-state index in [1.54, 1.807) is 0 Å². The van der Waals surface area contributed by atoms with Gasteiger partial charge in [-0.25, -0.2) is 0 Å². The summed E-state index contributed by atoms with van der Waals surface area (Å²) in [5.41, 5.74) is -0.430. The Balaban J connectivity index is 2.21. The molecular formula is C16H24N2O. The Kier molecular flexibility index (Phi) is 6.38. The lowest BCUT2D eigenvalue weighted by molar-refractivity contribution is 0.292. The molecular weight excluding hydrogens is 236 g/mol. The molecule has 19 heavy (non-hydrogen) atoms. The van der Waals surface area contributed by atoms with Gasteiger partial charge in [-0.15, -0.1) is 0 Å². The fraction of sp³-hybridized carbons (Fsp3) is 0.562. The van der Waals surface area contributed by atoms with Gasteiger partial charge in [0.2, 0.25) is 0 Å². The summed E-state index contributed by atoms with van der Waals surface area (Å²) in [7, 11) is 0. The lowest BCUT2D eigenvalue weighted by Gasteiger charge is -2.25. The molecule has 0 heterocycles. The summed E-state index contributed by atoms with van der Waals surface area (Å²) < 4.78 is 5.63. The highest BCUT2D eigenvalue weighted by Crippen LogP contribution is 2.15. The minimum atomic E-state index is -0.430. The van der Waals surface area contributed by atoms with Gasteiger partial charge in [-0.1, -0.05) is 18.2 Å². The fourth-order valence-electron chi connectivity index (χ4n) is 2.08. The summed E-state index contributed by atoms with van der Waals surface area (Å²) in [5, 5.41) is 12.5. The van der Waals surface area contributed by atoms with Crippen molar-refractivity contribution in [2.24, 2.45) is 0 Å². The number of nitrogens with zero attached hydrogens (tertiary/aromatic N) is 1. The first-order valence-electron chi connectivity index (χ1n) is 6.92. The minimum Gasteiger partial charge on any atom is -0.494 e. The Morgan fingerprint density at radius 3 is 2.53 bits per heavy atom. The lowest BCUT2D eigenvalue weighted by atomic mass is 9.96. The highest BCUT2D eigenvalue weighted by Gasteiger charge is 2.23. The SMILES string of the molecule is CC(C)NC(C)(C#N)CCCCOc1ccccc1. The van der Waals surface area contributed by atoms with Crippen molar-refractivity contribution in [1.82, 2.24) is 5.32 Å². The monoisotopic (exact) mass is 260 g/mol. The average Bonchev–Trinajstić information content (AvgIpc) is 2.39. The zero-order valence-corrected chi connectivity index (χ0v) is 12.1. The van der Waals surface area contributed by atoms with Crippen LogP contribution >= 0.6 is 0 Å². The number of benzene rings is 1. The molecule has 1 atom stereocenters. The second-order valence-electron chi connectivity index (χ2n) is 5.36. The topological polar surface area (TPSA) is 45.0 Å². The van der Waals surface area contributed by atoms with Crippen molar-refractivity contribution in [3.8, 4) is 11.8 Å². The van der Waals surface area contributed by atoms with Gasteiger partial charge in [0.05, 0.1) is 12.7 Å². The van der Waals surface area contributed by atoms with Crippen molar-refractivity contribution in [1.29, 1.82) is 5.26 Å². The molecule has 0 aliphatic carbocycles. The van der Waals surface area contributed by atoms with Crippen LogP contribution in [0.3, 0.4) is 0 Å². The summed E-state index contributed by atoms with van der Waals surface area (Å²) >= 11 is 0. The standard InChI is InChI=1S/C16H24N2O/c1-14(2)18-16(3,13-17)11-7-8-12-19-15-9-5-4-6-10-15/h4-6,9-10,14,18H,7-8,11-12H2,1-3H3. The molecule has 0 bridgehead atoms. The van der Waals surface area contributed by atoms with Crippen molar-refractivity contribution in [3.05, 3.63) is 30.3 Å². The van der Waals surface area contributed by atoms with Crippen LogP contribution in [0.15, 0.2) is 30.3 Å². The molecule has 0 amide bonds. The van der Waals surface area contributed by atoms with Gasteiger partial charge in [0.25, 0.3) is 0 Å². The molecule has 1 unspecified atom stereocenters. The number of para-hydroxylation sites is 1. The molecule has 0 saturated heterocycles. The van der Waals surface area contributed by atoms with Crippen LogP contribution < -0.4 is 10.1 Å². The molecule has 0 saturated carbocycles. The molecule has 0 radical (unpaired) electrons. The van der Waals surface area contributed by atoms with Gasteiger partial charge >= 0.3 is 0 Å². The number of rotatable bonds is 8. The van der Waals surface area contributed by atoms with Crippen molar-refractivity contribution >= 4 is 0 Å². The Bertz CT molecular complexity index is 397. The van der Waals surface area contributed by atoms with E-state index in [4.69, 9.17) is 4.74 Å². The van der Waals surface area contributed by atoms with Gasteiger partial charge < -0.3 is 4.74 Å². The van der Waals surface area contributed by atoms with Crippen molar-refractivity contribution in [2.45, 2.75) is 51.6 Å². The smallest absolute Gasteiger partial charge is 0.119 e. The largest absolute Gasteiger partial charge is 0.494 e. The van der Waals surface area contributed by atoms with Crippen molar-refractivity contribution in [3.63, 3.8) is 0 Å². The van der Waals surface area contributed by atoms with E-state index in [0.29, 0.717) is 12.6 Å². The zero-order valence-electron chi connectivity index (χ0n) is 12.1. The Morgan fingerprint density at radius 2 is 1.95 bits per heavy atom. The maximum absolute atomic E-state index is 9.22. The van der Waals surface area contributed by atoms with E-state index in [9.17, 15) is 5.26 Å². The molecule has 1 rings (SSSR count). The average molecular weight is 260 g/mol. The molecule has 3 nitrogen and oxygen atoms in total. The first-order valence-corrected chi connectivity index (χ1v) is 6.92. The van der Waals surface area contributed by atoms with E-state index in [1.807, 2.05) is 37.3 Å². The summed E-state index contributed by atoms with van der Waals surface area (Å²) in [6, 6.07) is 12.5. The van der Waals surface area contributed by atoms with Crippen LogP contribution in [0.5, 0.6) is 5.75 Å². The van der Waals surface area contributed by atoms with Crippen LogP contribution in [0.1, 0.15) is 40.0 Å². The Hall–Kier alpha value is -1.53. The third-order valence-corrected chi connectivity index (χ3v) is 2.94. The maximum atomic E-state index is 9.22. The van der Waals surface area contributed by atoms with Crippen molar-refractivity contribution in [2.75, 3.05) is 6.61 Å². The number of unbranched alkanes of at least 4 members (excludes halogenated alkanes) is 1. The number of hydrogen-bond acceptors (Lipinski definition) is 3.